The van der Waals surface area contributed by atoms with Gasteiger partial charge in [-0.2, -0.15) is 0 Å². The highest BCUT2D eigenvalue weighted by molar-refractivity contribution is 7.19. The van der Waals surface area contributed by atoms with E-state index in [9.17, 15) is 14.9 Å². The van der Waals surface area contributed by atoms with Gasteiger partial charge >= 0.3 is 5.00 Å². The Kier molecular flexibility index (Phi) is 6.43. The Bertz CT molecular complexity index is 1250. The summed E-state index contributed by atoms with van der Waals surface area (Å²) in [7, 11) is 0. The number of thiazole rings is 1. The van der Waals surface area contributed by atoms with Crippen molar-refractivity contribution < 1.29 is 19.2 Å². The lowest BCUT2D eigenvalue weighted by Gasteiger charge is -2.10. The van der Waals surface area contributed by atoms with Crippen LogP contribution in [0, 0.1) is 10.1 Å². The minimum Gasteiger partial charge on any atom is -0.493 e. The lowest BCUT2D eigenvalue weighted by Crippen LogP contribution is -2.09. The average molecular weight is 468 g/mol. The number of nitro groups is 1. The zero-order valence-electron chi connectivity index (χ0n) is 16.8. The van der Waals surface area contributed by atoms with Crippen molar-refractivity contribution in [3.8, 4) is 27.8 Å². The summed E-state index contributed by atoms with van der Waals surface area (Å²) >= 11 is 1.96. The van der Waals surface area contributed by atoms with E-state index in [1.54, 1.807) is 0 Å². The van der Waals surface area contributed by atoms with Gasteiger partial charge in [-0.05, 0) is 37.3 Å². The minimum atomic E-state index is -0.528. The lowest BCUT2D eigenvalue weighted by atomic mass is 10.1. The second kappa shape index (κ2) is 9.58. The number of benzene rings is 2. The average Bonchev–Trinajstić information content (AvgIpc) is 3.43. The molecule has 0 atom stereocenters. The maximum absolute atomic E-state index is 12.6. The molecule has 0 bridgehead atoms. The van der Waals surface area contributed by atoms with Crippen LogP contribution < -0.4 is 14.8 Å². The van der Waals surface area contributed by atoms with Gasteiger partial charge in [0.25, 0.3) is 5.91 Å². The Morgan fingerprint density at radius 2 is 1.81 bits per heavy atom. The van der Waals surface area contributed by atoms with E-state index in [0.717, 1.165) is 28.2 Å². The van der Waals surface area contributed by atoms with Crippen LogP contribution in [-0.4, -0.2) is 22.4 Å². The number of amides is 1. The number of thiophene rings is 1. The first-order valence-electron chi connectivity index (χ1n) is 9.56. The van der Waals surface area contributed by atoms with Gasteiger partial charge in [0.15, 0.2) is 5.13 Å². The molecule has 1 N–H and O–H groups in total. The highest BCUT2D eigenvalue weighted by Crippen LogP contribution is 2.43. The fraction of sp³-hybridized carbons (Fsp3) is 0.0909. The normalized spacial score (nSPS) is 10.5. The number of rotatable bonds is 8. The van der Waals surface area contributed by atoms with Crippen molar-refractivity contribution in [3.63, 3.8) is 0 Å². The monoisotopic (exact) mass is 467 g/mol. The summed E-state index contributed by atoms with van der Waals surface area (Å²) in [6.07, 6.45) is 0. The molecule has 1 amide bonds. The third-order valence-electron chi connectivity index (χ3n) is 4.21. The van der Waals surface area contributed by atoms with Crippen molar-refractivity contribution in [2.45, 2.75) is 6.92 Å². The first-order valence-corrected chi connectivity index (χ1v) is 11.2. The third kappa shape index (κ3) is 4.76. The van der Waals surface area contributed by atoms with Gasteiger partial charge in [-0.1, -0.05) is 53.0 Å². The molecular formula is C22H17N3O5S2. The summed E-state index contributed by atoms with van der Waals surface area (Å²) in [5.74, 6) is 0.788. The Morgan fingerprint density at radius 1 is 1.06 bits per heavy atom. The van der Waals surface area contributed by atoms with Crippen LogP contribution in [0.2, 0.25) is 0 Å². The number of hydrogen-bond acceptors (Lipinski definition) is 8. The number of nitrogens with zero attached hydrogens (tertiary/aromatic N) is 2. The maximum Gasteiger partial charge on any atom is 0.324 e. The van der Waals surface area contributed by atoms with E-state index in [2.05, 4.69) is 10.3 Å². The molecule has 162 valence electrons. The largest absolute Gasteiger partial charge is 0.493 e. The number of hydrogen-bond donors (Lipinski definition) is 1. The van der Waals surface area contributed by atoms with Gasteiger partial charge in [-0.3, -0.25) is 20.2 Å². The van der Waals surface area contributed by atoms with Crippen LogP contribution in [0.1, 0.15) is 16.6 Å². The lowest BCUT2D eigenvalue weighted by molar-refractivity contribution is -0.380. The topological polar surface area (TPSA) is 104 Å². The predicted octanol–water partition coefficient (Wildman–Crippen LogP) is 6.22. The zero-order valence-corrected chi connectivity index (χ0v) is 18.4. The van der Waals surface area contributed by atoms with Gasteiger partial charge in [0, 0.05) is 11.6 Å². The number of nitrogens with one attached hydrogen (secondary N) is 1. The molecule has 0 aliphatic heterocycles. The number of para-hydroxylation sites is 2. The van der Waals surface area contributed by atoms with Crippen LogP contribution >= 0.6 is 22.7 Å². The van der Waals surface area contributed by atoms with E-state index >= 15 is 0 Å². The summed E-state index contributed by atoms with van der Waals surface area (Å²) in [6.45, 7) is 2.38. The molecule has 0 saturated carbocycles. The molecule has 4 aromatic rings. The summed E-state index contributed by atoms with van der Waals surface area (Å²) < 4.78 is 11.8. The Morgan fingerprint density at radius 3 is 2.53 bits per heavy atom. The Balaban J connectivity index is 1.69. The zero-order chi connectivity index (χ0) is 22.5. The molecule has 32 heavy (non-hydrogen) atoms. The van der Waals surface area contributed by atoms with E-state index in [-0.39, 0.29) is 9.88 Å². The molecule has 0 unspecified atom stereocenters. The predicted molar refractivity (Wildman–Crippen MR) is 124 cm³/mol. The van der Waals surface area contributed by atoms with Crippen LogP contribution in [0.4, 0.5) is 10.1 Å². The van der Waals surface area contributed by atoms with Crippen LogP contribution in [-0.2, 0) is 0 Å². The van der Waals surface area contributed by atoms with Crippen LogP contribution in [0.15, 0.2) is 66.7 Å². The van der Waals surface area contributed by atoms with E-state index in [1.165, 1.54) is 12.1 Å². The molecule has 0 radical (unpaired) electrons. The first kappa shape index (κ1) is 21.5. The molecule has 0 spiro atoms. The number of anilines is 1. The first-order chi connectivity index (χ1) is 15.5. The molecule has 0 saturated heterocycles. The van der Waals surface area contributed by atoms with Gasteiger partial charge in [0.2, 0.25) is 5.06 Å². The summed E-state index contributed by atoms with van der Waals surface area (Å²) in [4.78, 5) is 27.8. The smallest absolute Gasteiger partial charge is 0.324 e. The quantitative estimate of drug-likeness (QED) is 0.244. The van der Waals surface area contributed by atoms with Crippen molar-refractivity contribution in [2.24, 2.45) is 0 Å². The third-order valence-corrected chi connectivity index (χ3v) is 6.09. The van der Waals surface area contributed by atoms with E-state index in [0.29, 0.717) is 34.0 Å². The summed E-state index contributed by atoms with van der Waals surface area (Å²) in [5.41, 5.74) is 1.25. The molecule has 0 aliphatic carbocycles. The van der Waals surface area contributed by atoms with Crippen LogP contribution in [0.25, 0.3) is 11.3 Å². The van der Waals surface area contributed by atoms with Crippen molar-refractivity contribution in [3.05, 3.63) is 81.7 Å². The Labute approximate surface area is 191 Å². The molecule has 2 heterocycles. The fourth-order valence-electron chi connectivity index (χ4n) is 2.84. The summed E-state index contributed by atoms with van der Waals surface area (Å²) in [6, 6.07) is 19.4. The summed E-state index contributed by atoms with van der Waals surface area (Å²) in [5, 5.41) is 14.3. The van der Waals surface area contributed by atoms with Crippen LogP contribution in [0.3, 0.4) is 0 Å². The second-order valence-electron chi connectivity index (χ2n) is 6.35. The second-order valence-corrected chi connectivity index (χ2v) is 8.37. The molecular weight excluding hydrogens is 450 g/mol. The van der Waals surface area contributed by atoms with Crippen molar-refractivity contribution >= 4 is 38.7 Å². The molecule has 8 nitrogen and oxygen atoms in total. The van der Waals surface area contributed by atoms with Crippen molar-refractivity contribution in [1.82, 2.24) is 4.98 Å². The van der Waals surface area contributed by atoms with E-state index in [1.807, 2.05) is 61.5 Å². The highest BCUT2D eigenvalue weighted by Gasteiger charge is 2.22. The van der Waals surface area contributed by atoms with Crippen molar-refractivity contribution in [1.29, 1.82) is 0 Å². The van der Waals surface area contributed by atoms with Gasteiger partial charge in [-0.25, -0.2) is 4.98 Å². The Hall–Kier alpha value is -3.76. The van der Waals surface area contributed by atoms with Gasteiger partial charge in [0.05, 0.1) is 16.4 Å². The molecule has 0 fully saturated rings. The molecule has 2 aromatic carbocycles. The van der Waals surface area contributed by atoms with Gasteiger partial charge in [-0.15, -0.1) is 0 Å². The standard InChI is InChI=1S/C22H17N3O5S2/c1-2-29-16-11-7-6-10-15(16)19-21(30-14-8-4-3-5-9-14)32-22(23-19)24-20(26)17-12-13-18(31-17)25(27)28/h3-13H,2H2,1H3,(H,23,24,26). The van der Waals surface area contributed by atoms with Gasteiger partial charge < -0.3 is 9.47 Å². The van der Waals surface area contributed by atoms with Crippen LogP contribution in [0.5, 0.6) is 16.6 Å². The van der Waals surface area contributed by atoms with Gasteiger partial charge in [0.1, 0.15) is 17.2 Å². The number of carbonyl (C=O) groups is 1. The van der Waals surface area contributed by atoms with E-state index < -0.39 is 10.8 Å². The van der Waals surface area contributed by atoms with Crippen molar-refractivity contribution in [2.75, 3.05) is 11.9 Å². The number of aromatic nitrogens is 1. The molecule has 0 aliphatic rings. The minimum absolute atomic E-state index is 0.103. The molecule has 4 rings (SSSR count). The van der Waals surface area contributed by atoms with E-state index in [4.69, 9.17) is 9.47 Å². The molecule has 10 heteroatoms. The maximum atomic E-state index is 12.6. The SMILES string of the molecule is CCOc1ccccc1-c1nc(NC(=O)c2ccc([N+](=O)[O-])s2)sc1Oc1ccccc1. The number of carbonyl (C=O) groups excluding carboxylic acids is 1. The fourth-order valence-corrected chi connectivity index (χ4v) is 4.41. The highest BCUT2D eigenvalue weighted by atomic mass is 32.1. The molecule has 2 aromatic heterocycles. The number of ether oxygens (including phenoxy) is 2.